The lowest BCUT2D eigenvalue weighted by Gasteiger charge is -2.27. The first-order valence-electron chi connectivity index (χ1n) is 35.0. The van der Waals surface area contributed by atoms with E-state index in [4.69, 9.17) is 47.9 Å². The molecule has 26 heteroatoms. The molecule has 8 heterocycles. The zero-order valence-electron chi connectivity index (χ0n) is 64.7. The molecule has 0 saturated heterocycles. The maximum Gasteiger partial charge on any atom is 0.317 e. The number of aryl methyl sites for hydroxylation is 5. The second kappa shape index (κ2) is 40.3. The molecule has 3 aliphatic heterocycles. The quantitative estimate of drug-likeness (QED) is 0.0443. The summed E-state index contributed by atoms with van der Waals surface area (Å²) in [6, 6.07) is 40.3. The fraction of sp³-hybridized carbons (Fsp3) is 0.294. The van der Waals surface area contributed by atoms with Crippen LogP contribution < -0.4 is 53.8 Å². The number of fused-ring (bicyclic) bond motifs is 3. The summed E-state index contributed by atoms with van der Waals surface area (Å²) in [5.74, 6) is 2.86. The predicted molar refractivity (Wildman–Crippen MR) is 413 cm³/mol. The number of phenolic OH excluding ortho intramolecular Hbond substituents is 2. The molecule has 3 aliphatic rings. The Hall–Kier alpha value is -12.9. The van der Waals surface area contributed by atoms with Gasteiger partial charge in [-0.15, -0.1) is 0 Å². The number of carbonyl (C=O) groups excluding carboxylic acids is 3. The second-order valence-electron chi connectivity index (χ2n) is 25.7. The van der Waals surface area contributed by atoms with Crippen molar-refractivity contribution in [2.45, 2.75) is 84.3 Å². The highest BCUT2D eigenvalue weighted by molar-refractivity contribution is 5.89. The van der Waals surface area contributed by atoms with Crippen molar-refractivity contribution < 1.29 is 76.4 Å². The molecule has 10 aromatic rings. The second-order valence-corrected chi connectivity index (χ2v) is 25.7. The Morgan fingerprint density at radius 3 is 1.39 bits per heavy atom. The number of esters is 2. The van der Waals surface area contributed by atoms with Gasteiger partial charge < -0.3 is 73.5 Å². The fourth-order valence-electron chi connectivity index (χ4n) is 12.6. The average Bonchev–Trinajstić information content (AvgIpc) is 0.805. The minimum absolute atomic E-state index is 0.0212. The SMILES string of the molecule is COC(=O)C(c1ccc(OC)c(OC)c1)c1cc(C)cnc1C#N.COC(=O)Cc1ccc(OC)c(OC)c1.COc1ccc(C2C(=O)NCc3ncc(C)cc32)cc1OC.COc1ccc(C2CNCc3ncc(C)cc32)cc1OC.Cc1cnc(C#N)c(F)c1.Cc1cnc2c(c1)C(c1ccc(O)c(O)c1)CNC2. The predicted octanol–water partition coefficient (Wildman–Crippen LogP) is 12.3. The number of amides is 1. The number of nitrogens with zero attached hydrogens (tertiary/aromatic N) is 7. The van der Waals surface area contributed by atoms with Crippen molar-refractivity contribution in [3.8, 4) is 69.6 Å². The van der Waals surface area contributed by atoms with Crippen LogP contribution >= 0.6 is 0 Å². The molecule has 0 aliphatic carbocycles. The standard InChI is InChI=1S/C18H18N2O4.C17H18N2O3.C17H20N2O2.C15H16N2O2.C11H14O4.C7H5FN2/c1-11-7-13(14(9-19)20-10-11)17(18(21)24-4)12-5-6-15(22-2)16(8-12)23-3;1-10-6-12-13(18-8-10)9-19-17(20)16(12)11-4-5-14(21-2)15(7-11)22-3;1-11-6-13-14(9-18-10-15(13)19-8-11)12-4-5-16(20-2)17(7-12)21-3;1-9-4-11-12(7-16-8-13(11)17-6-9)10-2-3-14(18)15(19)5-10;1-13-9-5-4-8(6-10(9)14-2)7-11(12)15-3;1-5-2-6(8)7(3-9)10-4-5/h5-8,10,17H,1-4H3;4-8,16H,9H2,1-3H3,(H,19,20);4-8,14,18H,9-10H2,1-3H3;2-6,12,16,18-19H,7-8H2,1H3;4-6H,7H2,1-3H3;2,4H,1H3. The number of ether oxygens (including phenoxy) is 10. The molecule has 4 unspecified atom stereocenters. The van der Waals surface area contributed by atoms with Crippen LogP contribution in [0.25, 0.3) is 0 Å². The van der Waals surface area contributed by atoms with Gasteiger partial charge in [0.05, 0.1) is 107 Å². The van der Waals surface area contributed by atoms with Crippen molar-refractivity contribution in [2.24, 2.45) is 0 Å². The number of hydrogen-bond acceptors (Lipinski definition) is 24. The summed E-state index contributed by atoms with van der Waals surface area (Å²) in [7, 11) is 15.3. The van der Waals surface area contributed by atoms with Crippen LogP contribution in [0.4, 0.5) is 4.39 Å². The van der Waals surface area contributed by atoms with E-state index >= 15 is 0 Å². The Bertz CT molecular complexity index is 5010. The third-order valence-corrected chi connectivity index (χ3v) is 18.2. The minimum atomic E-state index is -0.781. The summed E-state index contributed by atoms with van der Waals surface area (Å²) >= 11 is 0. The van der Waals surface area contributed by atoms with Crippen LogP contribution in [0.2, 0.25) is 0 Å². The number of hydrogen-bond donors (Lipinski definition) is 5. The number of nitrogens with one attached hydrogen (secondary N) is 3. The van der Waals surface area contributed by atoms with Crippen molar-refractivity contribution in [3.63, 3.8) is 0 Å². The first kappa shape index (κ1) is 83.7. The number of rotatable bonds is 16. The number of nitriles is 2. The van der Waals surface area contributed by atoms with Gasteiger partial charge in [0.25, 0.3) is 0 Å². The number of methoxy groups -OCH3 is 10. The minimum Gasteiger partial charge on any atom is -0.504 e. The number of aromatic hydroxyl groups is 2. The van der Waals surface area contributed by atoms with Gasteiger partial charge in [-0.1, -0.05) is 54.6 Å². The lowest BCUT2D eigenvalue weighted by atomic mass is 9.86. The first-order valence-corrected chi connectivity index (χ1v) is 35.0. The molecule has 5 aromatic heterocycles. The van der Waals surface area contributed by atoms with Gasteiger partial charge in [-0.25, -0.2) is 14.4 Å². The summed E-state index contributed by atoms with van der Waals surface area (Å²) in [5.41, 5.74) is 16.5. The monoisotopic (exact) mass is 1510 g/mol. The van der Waals surface area contributed by atoms with E-state index in [1.807, 2.05) is 81.8 Å². The molecule has 13 rings (SSSR count). The van der Waals surface area contributed by atoms with Crippen molar-refractivity contribution in [1.82, 2.24) is 40.9 Å². The maximum atomic E-state index is 12.6. The van der Waals surface area contributed by atoms with E-state index in [1.54, 1.807) is 110 Å². The lowest BCUT2D eigenvalue weighted by molar-refractivity contribution is -0.141. The smallest absolute Gasteiger partial charge is 0.317 e. The molecular formula is C85H91FN10O15. The molecule has 0 bridgehead atoms. The Kier molecular flexibility index (Phi) is 30.4. The van der Waals surface area contributed by atoms with E-state index in [0.717, 1.165) is 99.3 Å². The van der Waals surface area contributed by atoms with Gasteiger partial charge in [-0.3, -0.25) is 29.3 Å². The molecule has 4 atom stereocenters. The highest BCUT2D eigenvalue weighted by Crippen LogP contribution is 2.40. The molecular weight excluding hydrogens is 1420 g/mol. The van der Waals surface area contributed by atoms with Crippen LogP contribution in [0.3, 0.4) is 0 Å². The van der Waals surface area contributed by atoms with Crippen molar-refractivity contribution in [2.75, 3.05) is 84.2 Å². The van der Waals surface area contributed by atoms with E-state index in [1.165, 1.54) is 69.0 Å². The van der Waals surface area contributed by atoms with Crippen LogP contribution in [-0.2, 0) is 49.9 Å². The van der Waals surface area contributed by atoms with Gasteiger partial charge in [-0.2, -0.15) is 10.5 Å². The van der Waals surface area contributed by atoms with Crippen LogP contribution in [0.5, 0.6) is 57.5 Å². The van der Waals surface area contributed by atoms with E-state index in [9.17, 15) is 34.2 Å². The average molecular weight is 1510 g/mol. The van der Waals surface area contributed by atoms with Crippen LogP contribution in [-0.4, -0.2) is 137 Å². The molecule has 0 fully saturated rings. The Labute approximate surface area is 645 Å². The molecule has 25 nitrogen and oxygen atoms in total. The van der Waals surface area contributed by atoms with Gasteiger partial charge in [0.15, 0.2) is 69.0 Å². The largest absolute Gasteiger partial charge is 0.504 e. The van der Waals surface area contributed by atoms with Gasteiger partial charge in [0, 0.05) is 74.6 Å². The molecule has 0 saturated carbocycles. The number of pyridine rings is 5. The molecule has 578 valence electrons. The summed E-state index contributed by atoms with van der Waals surface area (Å²) in [4.78, 5) is 57.0. The van der Waals surface area contributed by atoms with Crippen molar-refractivity contribution >= 4 is 17.8 Å². The third-order valence-electron chi connectivity index (χ3n) is 18.2. The third kappa shape index (κ3) is 21.5. The van der Waals surface area contributed by atoms with Crippen LogP contribution in [0.15, 0.2) is 152 Å². The maximum absolute atomic E-state index is 12.6. The Morgan fingerprint density at radius 1 is 0.468 bits per heavy atom. The number of phenols is 2. The number of halogens is 1. The summed E-state index contributed by atoms with van der Waals surface area (Å²) in [6.07, 6.45) is 8.90. The van der Waals surface area contributed by atoms with Crippen LogP contribution in [0, 0.1) is 63.1 Å². The molecule has 0 radical (unpaired) electrons. The molecule has 111 heavy (non-hydrogen) atoms. The number of aromatic nitrogens is 5. The van der Waals surface area contributed by atoms with E-state index < -0.39 is 17.7 Å². The normalized spacial score (nSPS) is 14.2. The van der Waals surface area contributed by atoms with E-state index in [0.29, 0.717) is 58.1 Å². The van der Waals surface area contributed by atoms with Gasteiger partial charge in [0.2, 0.25) is 5.91 Å². The van der Waals surface area contributed by atoms with Crippen LogP contribution in [0.1, 0.15) is 130 Å². The summed E-state index contributed by atoms with van der Waals surface area (Å²) in [5, 5.41) is 46.3. The topological polar surface area (TPSA) is 332 Å². The molecule has 0 spiro atoms. The van der Waals surface area contributed by atoms with Gasteiger partial charge in [-0.05, 0) is 174 Å². The zero-order valence-corrected chi connectivity index (χ0v) is 64.7. The van der Waals surface area contributed by atoms with Crippen molar-refractivity contribution in [3.05, 3.63) is 264 Å². The van der Waals surface area contributed by atoms with Gasteiger partial charge in [0.1, 0.15) is 23.8 Å². The summed E-state index contributed by atoms with van der Waals surface area (Å²) < 4.78 is 64.1. The lowest BCUT2D eigenvalue weighted by Crippen LogP contribution is -2.35. The van der Waals surface area contributed by atoms with E-state index in [-0.39, 0.29) is 53.0 Å². The highest BCUT2D eigenvalue weighted by atomic mass is 19.1. The molecule has 1 amide bonds. The number of benzene rings is 5. The Morgan fingerprint density at radius 2 is 0.892 bits per heavy atom. The highest BCUT2D eigenvalue weighted by Gasteiger charge is 2.32. The Balaban J connectivity index is 0.000000170. The molecule has 5 N–H and O–H groups in total. The van der Waals surface area contributed by atoms with E-state index in [2.05, 4.69) is 76.8 Å². The van der Waals surface area contributed by atoms with Gasteiger partial charge >= 0.3 is 11.9 Å². The molecule has 5 aromatic carbocycles. The fourth-order valence-corrected chi connectivity index (χ4v) is 12.6. The van der Waals surface area contributed by atoms with Crippen molar-refractivity contribution in [1.29, 1.82) is 10.5 Å². The first-order chi connectivity index (χ1) is 53.5. The number of carbonyl (C=O) groups is 3. The summed E-state index contributed by atoms with van der Waals surface area (Å²) in [6.45, 7) is 13.5. The zero-order chi connectivity index (χ0) is 80.4.